The number of aliphatic carboxylic acids is 1. The van der Waals surface area contributed by atoms with Gasteiger partial charge in [-0.15, -0.1) is 11.3 Å². The number of benzene rings is 2. The van der Waals surface area contributed by atoms with Crippen molar-refractivity contribution in [2.45, 2.75) is 32.2 Å². The van der Waals surface area contributed by atoms with E-state index in [0.717, 1.165) is 15.6 Å². The summed E-state index contributed by atoms with van der Waals surface area (Å²) in [5, 5.41) is 15.3. The standard InChI is InChI=1S/C22H24N2O3S2/c1-14-19(13-20(25)24-18(22(26)27)10-11-28-2)29-21(23-14)12-16-8-5-7-15-6-3-4-9-17(15)16/h3-9,18H,10-13H2,1-2H3,(H,24,25)(H,26,27). The molecule has 3 aromatic rings. The number of carbonyl (C=O) groups is 2. The fraction of sp³-hybridized carbons (Fsp3) is 0.318. The molecule has 0 aliphatic rings. The predicted molar refractivity (Wildman–Crippen MR) is 120 cm³/mol. The Bertz CT molecular complexity index is 1010. The van der Waals surface area contributed by atoms with Gasteiger partial charge in [-0.3, -0.25) is 4.79 Å². The first-order valence-corrected chi connectivity index (χ1v) is 11.6. The van der Waals surface area contributed by atoms with Crippen LogP contribution in [0.2, 0.25) is 0 Å². The molecule has 152 valence electrons. The predicted octanol–water partition coefficient (Wildman–Crippen LogP) is 4.06. The highest BCUT2D eigenvalue weighted by Gasteiger charge is 2.21. The largest absolute Gasteiger partial charge is 0.480 e. The maximum atomic E-state index is 12.4. The van der Waals surface area contributed by atoms with Crippen molar-refractivity contribution in [1.29, 1.82) is 0 Å². The molecule has 0 radical (unpaired) electrons. The Labute approximate surface area is 178 Å². The third-order valence-corrected chi connectivity index (χ3v) is 6.52. The molecule has 1 unspecified atom stereocenters. The molecule has 5 nitrogen and oxygen atoms in total. The minimum atomic E-state index is -0.995. The van der Waals surface area contributed by atoms with E-state index in [9.17, 15) is 14.7 Å². The van der Waals surface area contributed by atoms with Gasteiger partial charge in [-0.25, -0.2) is 9.78 Å². The van der Waals surface area contributed by atoms with Gasteiger partial charge in [-0.05, 0) is 41.7 Å². The first-order valence-electron chi connectivity index (χ1n) is 9.41. The van der Waals surface area contributed by atoms with E-state index >= 15 is 0 Å². The third kappa shape index (κ3) is 5.58. The molecule has 0 aliphatic heterocycles. The molecular formula is C22H24N2O3S2. The van der Waals surface area contributed by atoms with Crippen LogP contribution in [0.25, 0.3) is 10.8 Å². The Morgan fingerprint density at radius 2 is 1.97 bits per heavy atom. The average molecular weight is 429 g/mol. The van der Waals surface area contributed by atoms with Crippen molar-refractivity contribution in [2.75, 3.05) is 12.0 Å². The third-order valence-electron chi connectivity index (χ3n) is 4.72. The number of fused-ring (bicyclic) bond motifs is 1. The van der Waals surface area contributed by atoms with Gasteiger partial charge in [0, 0.05) is 11.3 Å². The van der Waals surface area contributed by atoms with Crippen LogP contribution >= 0.6 is 23.1 Å². The molecule has 2 N–H and O–H groups in total. The second-order valence-corrected chi connectivity index (χ2v) is 9.00. The van der Waals surface area contributed by atoms with Crippen LogP contribution in [0.15, 0.2) is 42.5 Å². The van der Waals surface area contributed by atoms with Gasteiger partial charge in [-0.2, -0.15) is 11.8 Å². The van der Waals surface area contributed by atoms with E-state index in [0.29, 0.717) is 18.6 Å². The van der Waals surface area contributed by atoms with Crippen molar-refractivity contribution < 1.29 is 14.7 Å². The van der Waals surface area contributed by atoms with Gasteiger partial charge in [0.15, 0.2) is 0 Å². The summed E-state index contributed by atoms with van der Waals surface area (Å²) in [5.74, 6) is -0.585. The van der Waals surface area contributed by atoms with Crippen molar-refractivity contribution in [3.63, 3.8) is 0 Å². The number of amides is 1. The zero-order valence-electron chi connectivity index (χ0n) is 16.5. The first kappa shape index (κ1) is 21.3. The number of aryl methyl sites for hydroxylation is 1. The topological polar surface area (TPSA) is 79.3 Å². The van der Waals surface area contributed by atoms with E-state index in [1.165, 1.54) is 27.7 Å². The van der Waals surface area contributed by atoms with Crippen molar-refractivity contribution in [3.05, 3.63) is 63.6 Å². The molecule has 0 aliphatic carbocycles. The van der Waals surface area contributed by atoms with Gasteiger partial charge in [0.1, 0.15) is 6.04 Å². The Morgan fingerprint density at radius 3 is 2.72 bits per heavy atom. The number of carboxylic acid groups (broad SMARTS) is 1. The number of hydrogen-bond donors (Lipinski definition) is 2. The minimum absolute atomic E-state index is 0.155. The van der Waals surface area contributed by atoms with E-state index in [-0.39, 0.29) is 12.3 Å². The number of nitrogens with one attached hydrogen (secondary N) is 1. The Hall–Kier alpha value is -2.38. The lowest BCUT2D eigenvalue weighted by atomic mass is 10.0. The minimum Gasteiger partial charge on any atom is -0.480 e. The normalized spacial score (nSPS) is 12.1. The smallest absolute Gasteiger partial charge is 0.326 e. The second kappa shape index (κ2) is 9.89. The first-order chi connectivity index (χ1) is 14.0. The Kier molecular flexibility index (Phi) is 7.28. The zero-order chi connectivity index (χ0) is 20.8. The highest BCUT2D eigenvalue weighted by Crippen LogP contribution is 2.25. The molecule has 0 spiro atoms. The van der Waals surface area contributed by atoms with Crippen molar-refractivity contribution in [2.24, 2.45) is 0 Å². The number of aromatic nitrogens is 1. The molecule has 29 heavy (non-hydrogen) atoms. The quantitative estimate of drug-likeness (QED) is 0.537. The van der Waals surface area contributed by atoms with E-state index in [4.69, 9.17) is 0 Å². The van der Waals surface area contributed by atoms with E-state index in [1.807, 2.05) is 31.4 Å². The molecule has 1 heterocycles. The Morgan fingerprint density at radius 1 is 1.21 bits per heavy atom. The number of thioether (sulfide) groups is 1. The lowest BCUT2D eigenvalue weighted by Gasteiger charge is -2.13. The van der Waals surface area contributed by atoms with Gasteiger partial charge in [0.05, 0.1) is 17.1 Å². The van der Waals surface area contributed by atoms with Gasteiger partial charge in [0.2, 0.25) is 5.91 Å². The maximum Gasteiger partial charge on any atom is 0.326 e. The monoisotopic (exact) mass is 428 g/mol. The average Bonchev–Trinajstić information content (AvgIpc) is 3.04. The van der Waals surface area contributed by atoms with Crippen LogP contribution < -0.4 is 5.32 Å². The summed E-state index contributed by atoms with van der Waals surface area (Å²) < 4.78 is 0. The number of rotatable bonds is 9. The molecular weight excluding hydrogens is 404 g/mol. The van der Waals surface area contributed by atoms with Crippen LogP contribution in [0.3, 0.4) is 0 Å². The molecule has 7 heteroatoms. The lowest BCUT2D eigenvalue weighted by molar-refractivity contribution is -0.141. The SMILES string of the molecule is CSCCC(NC(=O)Cc1sc(Cc2cccc3ccccc23)nc1C)C(=O)O. The van der Waals surface area contributed by atoms with Crippen molar-refractivity contribution >= 4 is 45.7 Å². The molecule has 1 aromatic heterocycles. The van der Waals surface area contributed by atoms with Crippen LogP contribution in [0.4, 0.5) is 0 Å². The highest BCUT2D eigenvalue weighted by molar-refractivity contribution is 7.98. The highest BCUT2D eigenvalue weighted by atomic mass is 32.2. The summed E-state index contributed by atoms with van der Waals surface area (Å²) in [5.41, 5.74) is 2.03. The van der Waals surface area contributed by atoms with Gasteiger partial charge in [0.25, 0.3) is 0 Å². The van der Waals surface area contributed by atoms with Crippen LogP contribution in [-0.2, 0) is 22.4 Å². The van der Waals surface area contributed by atoms with Crippen molar-refractivity contribution in [3.8, 4) is 0 Å². The fourth-order valence-electron chi connectivity index (χ4n) is 3.22. The summed E-state index contributed by atoms with van der Waals surface area (Å²) >= 11 is 3.08. The van der Waals surface area contributed by atoms with E-state index in [2.05, 4.69) is 34.6 Å². The molecule has 0 fully saturated rings. The Balaban J connectivity index is 1.70. The van der Waals surface area contributed by atoms with E-state index < -0.39 is 12.0 Å². The lowest BCUT2D eigenvalue weighted by Crippen LogP contribution is -2.41. The van der Waals surface area contributed by atoms with Crippen LogP contribution in [0, 0.1) is 6.92 Å². The summed E-state index contributed by atoms with van der Waals surface area (Å²) in [6.07, 6.45) is 3.19. The van der Waals surface area contributed by atoms with Gasteiger partial charge < -0.3 is 10.4 Å². The summed E-state index contributed by atoms with van der Waals surface area (Å²) in [6, 6.07) is 13.7. The molecule has 1 atom stereocenters. The van der Waals surface area contributed by atoms with Crippen LogP contribution in [0.1, 0.15) is 27.6 Å². The number of nitrogens with zero attached hydrogens (tertiary/aromatic N) is 1. The number of hydrogen-bond acceptors (Lipinski definition) is 5. The molecule has 0 saturated heterocycles. The van der Waals surface area contributed by atoms with Crippen LogP contribution in [-0.4, -0.2) is 40.0 Å². The van der Waals surface area contributed by atoms with E-state index in [1.54, 1.807) is 11.8 Å². The summed E-state index contributed by atoms with van der Waals surface area (Å²) in [7, 11) is 0. The number of thiazole rings is 1. The summed E-state index contributed by atoms with van der Waals surface area (Å²) in [4.78, 5) is 29.3. The zero-order valence-corrected chi connectivity index (χ0v) is 18.1. The van der Waals surface area contributed by atoms with Crippen molar-refractivity contribution in [1.82, 2.24) is 10.3 Å². The molecule has 2 aromatic carbocycles. The molecule has 0 bridgehead atoms. The number of carboxylic acids is 1. The molecule has 0 saturated carbocycles. The second-order valence-electron chi connectivity index (χ2n) is 6.85. The van der Waals surface area contributed by atoms with Gasteiger partial charge in [-0.1, -0.05) is 42.5 Å². The number of carbonyl (C=O) groups excluding carboxylic acids is 1. The van der Waals surface area contributed by atoms with Crippen LogP contribution in [0.5, 0.6) is 0 Å². The molecule has 3 rings (SSSR count). The summed E-state index contributed by atoms with van der Waals surface area (Å²) in [6.45, 7) is 1.90. The molecule has 1 amide bonds. The fourth-order valence-corrected chi connectivity index (χ4v) is 4.78. The maximum absolute atomic E-state index is 12.4. The van der Waals surface area contributed by atoms with Gasteiger partial charge >= 0.3 is 5.97 Å².